The minimum atomic E-state index is -0.809. The molecule has 24 rings (SSSR count). The maximum Gasteiger partial charge on any atom is 0.122 e. The molecule has 15 fully saturated rings. The summed E-state index contributed by atoms with van der Waals surface area (Å²) in [7, 11) is 4.42. The molecule has 0 amide bonds. The van der Waals surface area contributed by atoms with Gasteiger partial charge in [0.1, 0.15) is 17.7 Å². The topological polar surface area (TPSA) is 143 Å². The van der Waals surface area contributed by atoms with Crippen molar-refractivity contribution in [3.05, 3.63) is 292 Å². The lowest BCUT2D eigenvalue weighted by atomic mass is 9.66. The first-order valence-corrected chi connectivity index (χ1v) is 48.5. The molecular weight excluding hydrogens is 1550 g/mol. The van der Waals surface area contributed by atoms with E-state index in [-0.39, 0.29) is 11.8 Å². The quantitative estimate of drug-likeness (QED) is 0.0387. The molecule has 16 heteroatoms. The Morgan fingerprint density at radius 1 is 0.360 bits per heavy atom. The molecule has 8 aromatic carbocycles. The van der Waals surface area contributed by atoms with Crippen molar-refractivity contribution in [2.75, 3.05) is 158 Å². The highest BCUT2D eigenvalue weighted by molar-refractivity contribution is 5.39. The lowest BCUT2D eigenvalue weighted by Gasteiger charge is -2.51. The Kier molecular flexibility index (Phi) is 29.8. The third kappa shape index (κ3) is 21.7. The lowest BCUT2D eigenvalue weighted by molar-refractivity contribution is -0.106. The Hall–Kier alpha value is -7.75. The molecule has 8 atom stereocenters. The van der Waals surface area contributed by atoms with Crippen LogP contribution in [-0.2, 0) is 65.9 Å². The Labute approximate surface area is 753 Å². The van der Waals surface area contributed by atoms with Gasteiger partial charge in [-0.1, -0.05) is 200 Å². The second-order valence-electron chi connectivity index (χ2n) is 39.4. The number of hydrogen-bond acceptors (Lipinski definition) is 15. The van der Waals surface area contributed by atoms with Gasteiger partial charge in [0, 0.05) is 152 Å². The Morgan fingerprint density at radius 3 is 1.12 bits per heavy atom. The zero-order valence-electron chi connectivity index (χ0n) is 75.4. The SMILES string of the molecule is CN1CCN(Cc2cccc(CCC(O)(c3ccccc3)C3CN4CCC3CC4)c2)CC1.CN1CCN(Cc2ccccc2CCC(O)(c2ccccc2)C2CN3CCC2CC3)CC1.Cc1nccn1-c1ccc(CCC(O)(c2ccccc2)C2CN3CCC2CC3)cc1.OC(CCc1ccccc1OC1CCOCC1)(c1ccccc1)C1CN2CCC1CC2.[HH].[HH].[HH].[HH]. The lowest BCUT2D eigenvalue weighted by Crippen LogP contribution is -2.55. The maximum atomic E-state index is 12.3. The van der Waals surface area contributed by atoms with E-state index >= 15 is 0 Å². The summed E-state index contributed by atoms with van der Waals surface area (Å²) in [6.07, 6.45) is 22.4. The number of aromatic nitrogens is 2. The van der Waals surface area contributed by atoms with Crippen molar-refractivity contribution in [3.8, 4) is 11.4 Å². The first-order chi connectivity index (χ1) is 61.1. The van der Waals surface area contributed by atoms with Gasteiger partial charge in [0.15, 0.2) is 0 Å². The summed E-state index contributed by atoms with van der Waals surface area (Å²) in [6, 6.07) is 76.9. The molecule has 8 bridgehead atoms. The van der Waals surface area contributed by atoms with E-state index in [0.717, 1.165) is 209 Å². The number of rotatable bonds is 27. The van der Waals surface area contributed by atoms with Gasteiger partial charge in [0.25, 0.3) is 0 Å². The number of para-hydroxylation sites is 1. The van der Waals surface area contributed by atoms with E-state index in [0.29, 0.717) is 47.3 Å². The first-order valence-electron chi connectivity index (χ1n) is 48.5. The van der Waals surface area contributed by atoms with Crippen LogP contribution in [0.5, 0.6) is 5.75 Å². The van der Waals surface area contributed by atoms with Crippen LogP contribution in [0.25, 0.3) is 5.69 Å². The summed E-state index contributed by atoms with van der Waals surface area (Å²) < 4.78 is 14.0. The predicted octanol–water partition coefficient (Wildman–Crippen LogP) is 16.9. The van der Waals surface area contributed by atoms with E-state index in [1.54, 1.807) is 0 Å². The van der Waals surface area contributed by atoms with Gasteiger partial charge in [-0.05, 0) is 274 Å². The second-order valence-corrected chi connectivity index (χ2v) is 39.4. The van der Waals surface area contributed by atoms with Crippen molar-refractivity contribution in [1.82, 2.24) is 48.8 Å². The number of ether oxygens (including phenoxy) is 2. The largest absolute Gasteiger partial charge is 0.490 e. The van der Waals surface area contributed by atoms with Crippen LogP contribution >= 0.6 is 0 Å². The summed E-state index contributed by atoms with van der Waals surface area (Å²) in [6.45, 7) is 28.5. The van der Waals surface area contributed by atoms with E-state index < -0.39 is 22.4 Å². The second kappa shape index (κ2) is 41.8. The molecule has 9 aromatic rings. The number of likely N-dealkylation sites (N-methyl/N-ethyl adjacent to an activating group) is 2. The number of piperidine rings is 12. The average molecular weight is 1700 g/mol. The highest BCUT2D eigenvalue weighted by Gasteiger charge is 2.52. The molecule has 15 saturated heterocycles. The van der Waals surface area contributed by atoms with Crippen LogP contribution in [-0.4, -0.2) is 233 Å². The van der Waals surface area contributed by atoms with Crippen LogP contribution in [0.2, 0.25) is 0 Å². The van der Waals surface area contributed by atoms with Crippen LogP contribution in [0.4, 0.5) is 0 Å². The predicted molar refractivity (Wildman–Crippen MR) is 511 cm³/mol. The molecule has 4 N–H and O–H groups in total. The molecule has 674 valence electrons. The summed E-state index contributed by atoms with van der Waals surface area (Å²) in [4.78, 5) is 24.5. The highest BCUT2D eigenvalue weighted by Crippen LogP contribution is 2.51. The molecular formula is C109H152N10O6. The summed E-state index contributed by atoms with van der Waals surface area (Å²) in [5.41, 5.74) is 10.5. The third-order valence-corrected chi connectivity index (χ3v) is 31.9. The number of nitrogens with zero attached hydrogens (tertiary/aromatic N) is 10. The van der Waals surface area contributed by atoms with Crippen LogP contribution in [0.1, 0.15) is 157 Å². The summed E-state index contributed by atoms with van der Waals surface area (Å²) in [5.74, 6) is 5.77. The molecule has 16 nitrogen and oxygen atoms in total. The van der Waals surface area contributed by atoms with E-state index in [1.165, 1.54) is 137 Å². The third-order valence-electron chi connectivity index (χ3n) is 31.9. The van der Waals surface area contributed by atoms with Gasteiger partial charge < -0.3 is 63.9 Å². The summed E-state index contributed by atoms with van der Waals surface area (Å²) in [5, 5.41) is 48.8. The number of aliphatic hydroxyl groups is 4. The maximum absolute atomic E-state index is 12.3. The van der Waals surface area contributed by atoms with E-state index in [2.05, 4.69) is 269 Å². The number of fused-ring (bicyclic) bond motifs is 12. The van der Waals surface area contributed by atoms with Crippen molar-refractivity contribution in [3.63, 3.8) is 0 Å². The zero-order chi connectivity index (χ0) is 85.6. The van der Waals surface area contributed by atoms with Crippen molar-refractivity contribution in [2.24, 2.45) is 47.3 Å². The van der Waals surface area contributed by atoms with Gasteiger partial charge in [-0.2, -0.15) is 0 Å². The average Bonchev–Trinajstić information content (AvgIpc) is 1.11. The van der Waals surface area contributed by atoms with Crippen LogP contribution in [0.3, 0.4) is 0 Å². The molecule has 125 heavy (non-hydrogen) atoms. The number of hydrogen-bond donors (Lipinski definition) is 4. The molecule has 15 aliphatic heterocycles. The fraction of sp³-hybridized carbons (Fsp3) is 0.532. The molecule has 0 aliphatic carbocycles. The highest BCUT2D eigenvalue weighted by atomic mass is 16.5. The molecule has 0 radical (unpaired) electrons. The minimum Gasteiger partial charge on any atom is -0.490 e. The summed E-state index contributed by atoms with van der Waals surface area (Å²) >= 11 is 0. The van der Waals surface area contributed by atoms with Crippen molar-refractivity contribution in [2.45, 2.75) is 164 Å². The van der Waals surface area contributed by atoms with Crippen LogP contribution in [0, 0.1) is 54.3 Å². The van der Waals surface area contributed by atoms with Crippen LogP contribution in [0.15, 0.2) is 231 Å². The van der Waals surface area contributed by atoms with Gasteiger partial charge in [-0.15, -0.1) is 0 Å². The fourth-order valence-electron chi connectivity index (χ4n) is 24.0. The Balaban J connectivity index is 0.000000145. The zero-order valence-corrected chi connectivity index (χ0v) is 75.4. The van der Waals surface area contributed by atoms with Gasteiger partial charge in [-0.25, -0.2) is 4.98 Å². The van der Waals surface area contributed by atoms with Gasteiger partial charge in [-0.3, -0.25) is 9.80 Å². The van der Waals surface area contributed by atoms with Gasteiger partial charge in [0.2, 0.25) is 0 Å². The van der Waals surface area contributed by atoms with Crippen LogP contribution < -0.4 is 4.74 Å². The van der Waals surface area contributed by atoms with Crippen molar-refractivity contribution >= 4 is 0 Å². The Morgan fingerprint density at radius 2 is 0.720 bits per heavy atom. The van der Waals surface area contributed by atoms with Gasteiger partial charge >= 0.3 is 0 Å². The molecule has 16 heterocycles. The van der Waals surface area contributed by atoms with Crippen molar-refractivity contribution in [1.29, 1.82) is 0 Å². The van der Waals surface area contributed by atoms with E-state index in [9.17, 15) is 20.4 Å². The fourth-order valence-corrected chi connectivity index (χ4v) is 24.0. The van der Waals surface area contributed by atoms with Gasteiger partial charge in [0.05, 0.1) is 35.6 Å². The smallest absolute Gasteiger partial charge is 0.122 e. The molecule has 0 saturated carbocycles. The first kappa shape index (κ1) is 89.2. The molecule has 15 aliphatic rings. The Bertz CT molecular complexity index is 4790. The van der Waals surface area contributed by atoms with Crippen molar-refractivity contribution < 1.29 is 35.6 Å². The molecule has 0 spiro atoms. The molecule has 1 aromatic heterocycles. The minimum absolute atomic E-state index is 0. The number of aryl methyl sites for hydroxylation is 5. The number of benzene rings is 8. The van der Waals surface area contributed by atoms with E-state index in [4.69, 9.17) is 9.47 Å². The number of imidazole rings is 1. The normalized spacial score (nSPS) is 27.6. The molecule has 8 unspecified atom stereocenters. The monoisotopic (exact) mass is 1700 g/mol. The number of piperazine rings is 2. The van der Waals surface area contributed by atoms with E-state index in [1.807, 2.05) is 31.5 Å². The standard InChI is InChI=1S/2C28H39N3O.C27H35NO3.C26H31N3O.4H2/c1-29-17-19-31(20-18-29)21-25-8-6-5-7-23(25)11-14-28(32,26-9-3-2-4-10-26)27-22-30-15-12-24(27)13-16-30;1-29-16-18-31(19-17-29)21-24-7-5-6-23(20-24)10-13-28(32,26-8-3-2-4-9-26)27-22-30-14-11-25(27)12-15-30;29-27(23-7-2-1-3-8-23,25-20-28-16-11-21(25)12-17-28)15-10-22-6-4-5-9-26(22)31-24-13-18-30-19-14-24;1-20-27-15-18-29(20)24-9-7-21(8-10-24)11-14-26(30,23-5-3-2-4-6-23)25-19-28-16-12-22(25)13-17-28;;;;/h2-10,24,27,32H,11-22H2,1H3;2-9,20,25,27,32H,10-19,21-22H2,1H3;1-9,21,24-25,29H,10-20H2;2-10,15,18,22,25,30H,11-14,16-17,19H2,1H3;4*1H.